The quantitative estimate of drug-likeness (QED) is 0.909. The largest absolute Gasteiger partial charge is 0.392 e. The van der Waals surface area contributed by atoms with Crippen LogP contribution in [-0.4, -0.2) is 63.9 Å². The molecule has 2 heterocycles. The van der Waals surface area contributed by atoms with Crippen molar-refractivity contribution in [3.8, 4) is 10.6 Å². The number of aliphatic hydroxyl groups is 1. The van der Waals surface area contributed by atoms with Gasteiger partial charge >= 0.3 is 0 Å². The molecular formula is C16H22N4OS. The molecule has 2 aromatic rings. The minimum Gasteiger partial charge on any atom is -0.392 e. The highest BCUT2D eigenvalue weighted by molar-refractivity contribution is 7.14. The van der Waals surface area contributed by atoms with Gasteiger partial charge in [0.2, 0.25) is 0 Å². The van der Waals surface area contributed by atoms with Gasteiger partial charge in [0, 0.05) is 38.3 Å². The highest BCUT2D eigenvalue weighted by Crippen LogP contribution is 2.24. The van der Waals surface area contributed by atoms with E-state index in [0.29, 0.717) is 0 Å². The van der Waals surface area contributed by atoms with Gasteiger partial charge < -0.3 is 5.11 Å². The third-order valence-corrected chi connectivity index (χ3v) is 4.79. The van der Waals surface area contributed by atoms with Crippen LogP contribution in [0.25, 0.3) is 10.6 Å². The monoisotopic (exact) mass is 318 g/mol. The van der Waals surface area contributed by atoms with Gasteiger partial charge in [-0.1, -0.05) is 41.7 Å². The zero-order valence-corrected chi connectivity index (χ0v) is 13.7. The summed E-state index contributed by atoms with van der Waals surface area (Å²) in [6.07, 6.45) is -0.247. The van der Waals surface area contributed by atoms with Crippen LogP contribution in [0.3, 0.4) is 0 Å². The van der Waals surface area contributed by atoms with E-state index in [1.807, 2.05) is 25.1 Å². The van der Waals surface area contributed by atoms with Crippen LogP contribution >= 0.6 is 11.3 Å². The smallest absolute Gasteiger partial charge is 0.147 e. The lowest BCUT2D eigenvalue weighted by molar-refractivity contribution is 0.0780. The van der Waals surface area contributed by atoms with Crippen molar-refractivity contribution in [2.24, 2.45) is 0 Å². The summed E-state index contributed by atoms with van der Waals surface area (Å²) in [5.74, 6) is 0. The van der Waals surface area contributed by atoms with Gasteiger partial charge in [0.25, 0.3) is 0 Å². The third-order valence-electron chi connectivity index (χ3n) is 3.83. The minimum atomic E-state index is -0.247. The summed E-state index contributed by atoms with van der Waals surface area (Å²) in [6.45, 7) is 7.54. The van der Waals surface area contributed by atoms with Gasteiger partial charge in [0.05, 0.1) is 12.6 Å². The van der Waals surface area contributed by atoms with Crippen molar-refractivity contribution in [3.05, 3.63) is 35.3 Å². The van der Waals surface area contributed by atoms with Crippen LogP contribution in [0.15, 0.2) is 30.3 Å². The molecule has 118 valence electrons. The Kier molecular flexibility index (Phi) is 5.15. The normalized spacial score (nSPS) is 18.5. The first-order chi connectivity index (χ1) is 10.7. The lowest BCUT2D eigenvalue weighted by atomic mass is 10.2. The van der Waals surface area contributed by atoms with E-state index in [-0.39, 0.29) is 6.10 Å². The summed E-state index contributed by atoms with van der Waals surface area (Å²) in [7, 11) is 0. The molecule has 1 aromatic heterocycles. The first-order valence-corrected chi connectivity index (χ1v) is 8.53. The molecule has 0 unspecified atom stereocenters. The van der Waals surface area contributed by atoms with Crippen LogP contribution in [-0.2, 0) is 6.54 Å². The van der Waals surface area contributed by atoms with E-state index in [1.54, 1.807) is 11.3 Å². The van der Waals surface area contributed by atoms with Gasteiger partial charge in [0.1, 0.15) is 10.0 Å². The average Bonchev–Trinajstić information content (AvgIpc) is 2.98. The summed E-state index contributed by atoms with van der Waals surface area (Å²) in [6, 6.07) is 10.2. The molecule has 1 N–H and O–H groups in total. The molecule has 0 saturated carbocycles. The van der Waals surface area contributed by atoms with Crippen molar-refractivity contribution in [2.45, 2.75) is 19.6 Å². The molecule has 0 bridgehead atoms. The van der Waals surface area contributed by atoms with Crippen LogP contribution in [0.4, 0.5) is 0 Å². The van der Waals surface area contributed by atoms with Crippen LogP contribution in [0.2, 0.25) is 0 Å². The van der Waals surface area contributed by atoms with Gasteiger partial charge in [0.15, 0.2) is 0 Å². The number of aromatic nitrogens is 2. The molecule has 1 aliphatic rings. The van der Waals surface area contributed by atoms with E-state index in [4.69, 9.17) is 0 Å². The molecule has 1 saturated heterocycles. The molecule has 0 amide bonds. The second kappa shape index (κ2) is 7.28. The molecule has 0 spiro atoms. The number of aliphatic hydroxyl groups excluding tert-OH is 1. The van der Waals surface area contributed by atoms with E-state index in [0.717, 1.165) is 54.8 Å². The molecule has 0 aliphatic carbocycles. The van der Waals surface area contributed by atoms with Gasteiger partial charge in [-0.2, -0.15) is 0 Å². The van der Waals surface area contributed by atoms with Crippen molar-refractivity contribution >= 4 is 11.3 Å². The van der Waals surface area contributed by atoms with E-state index in [9.17, 15) is 5.11 Å². The van der Waals surface area contributed by atoms with Crippen LogP contribution in [0.1, 0.15) is 11.9 Å². The predicted molar refractivity (Wildman–Crippen MR) is 88.7 cm³/mol. The first-order valence-electron chi connectivity index (χ1n) is 7.71. The minimum absolute atomic E-state index is 0.247. The van der Waals surface area contributed by atoms with Crippen LogP contribution in [0.5, 0.6) is 0 Å². The van der Waals surface area contributed by atoms with Crippen molar-refractivity contribution in [1.82, 2.24) is 20.0 Å². The van der Waals surface area contributed by atoms with Crippen LogP contribution < -0.4 is 0 Å². The second-order valence-electron chi connectivity index (χ2n) is 5.79. The van der Waals surface area contributed by atoms with E-state index in [2.05, 4.69) is 32.1 Å². The van der Waals surface area contributed by atoms with E-state index in [1.165, 1.54) is 0 Å². The Labute approximate surface area is 135 Å². The van der Waals surface area contributed by atoms with Crippen LogP contribution in [0, 0.1) is 0 Å². The number of rotatable bonds is 5. The second-order valence-corrected chi connectivity index (χ2v) is 6.85. The third kappa shape index (κ3) is 4.10. The molecule has 22 heavy (non-hydrogen) atoms. The standard InChI is InChI=1S/C16H22N4OS/c1-13(21)11-19-7-9-20(10-8-19)12-15-17-18-16(22-15)14-5-3-2-4-6-14/h2-6,13,21H,7-12H2,1H3/t13-/m0/s1. The maximum Gasteiger partial charge on any atom is 0.147 e. The van der Waals surface area contributed by atoms with E-state index < -0.39 is 0 Å². The maximum absolute atomic E-state index is 9.44. The number of hydrogen-bond acceptors (Lipinski definition) is 6. The predicted octanol–water partition coefficient (Wildman–Crippen LogP) is 1.70. The first kappa shape index (κ1) is 15.6. The Morgan fingerprint density at radius 1 is 1.09 bits per heavy atom. The Balaban J connectivity index is 1.54. The molecule has 6 heteroatoms. The summed E-state index contributed by atoms with van der Waals surface area (Å²) >= 11 is 1.67. The topological polar surface area (TPSA) is 52.5 Å². The fourth-order valence-corrected chi connectivity index (χ4v) is 3.60. The molecule has 1 atom stereocenters. The molecule has 1 aliphatic heterocycles. The zero-order chi connectivity index (χ0) is 15.4. The number of benzene rings is 1. The fourth-order valence-electron chi connectivity index (χ4n) is 2.71. The SMILES string of the molecule is C[C@H](O)CN1CCN(Cc2nnc(-c3ccccc3)s2)CC1. The van der Waals surface area contributed by atoms with Gasteiger partial charge in [-0.25, -0.2) is 0 Å². The Morgan fingerprint density at radius 3 is 2.45 bits per heavy atom. The molecule has 1 fully saturated rings. The molecule has 3 rings (SSSR count). The zero-order valence-electron chi connectivity index (χ0n) is 12.9. The lowest BCUT2D eigenvalue weighted by Gasteiger charge is -2.34. The summed E-state index contributed by atoms with van der Waals surface area (Å²) in [5, 5.41) is 20.1. The Morgan fingerprint density at radius 2 is 1.77 bits per heavy atom. The van der Waals surface area contributed by atoms with Gasteiger partial charge in [-0.05, 0) is 6.92 Å². The highest BCUT2D eigenvalue weighted by Gasteiger charge is 2.19. The number of β-amino-alcohol motifs (C(OH)–C–C–N with tert-alkyl or cyclic N) is 1. The van der Waals surface area contributed by atoms with Crippen molar-refractivity contribution < 1.29 is 5.11 Å². The van der Waals surface area contributed by atoms with Crippen molar-refractivity contribution in [1.29, 1.82) is 0 Å². The average molecular weight is 318 g/mol. The van der Waals surface area contributed by atoms with Gasteiger partial charge in [-0.15, -0.1) is 10.2 Å². The van der Waals surface area contributed by atoms with Crippen molar-refractivity contribution in [3.63, 3.8) is 0 Å². The molecule has 5 nitrogen and oxygen atoms in total. The fraction of sp³-hybridized carbons (Fsp3) is 0.500. The molecular weight excluding hydrogens is 296 g/mol. The lowest BCUT2D eigenvalue weighted by Crippen LogP contribution is -2.47. The van der Waals surface area contributed by atoms with E-state index >= 15 is 0 Å². The highest BCUT2D eigenvalue weighted by atomic mass is 32.1. The number of nitrogens with zero attached hydrogens (tertiary/aromatic N) is 4. The van der Waals surface area contributed by atoms with Crippen molar-refractivity contribution in [2.75, 3.05) is 32.7 Å². The molecule has 0 radical (unpaired) electrons. The number of piperazine rings is 1. The molecule has 1 aromatic carbocycles. The maximum atomic E-state index is 9.44. The van der Waals surface area contributed by atoms with Gasteiger partial charge in [-0.3, -0.25) is 9.80 Å². The Bertz CT molecular complexity index is 579. The number of hydrogen-bond donors (Lipinski definition) is 1. The summed E-state index contributed by atoms with van der Waals surface area (Å²) in [4.78, 5) is 4.73. The summed E-state index contributed by atoms with van der Waals surface area (Å²) < 4.78 is 0. The summed E-state index contributed by atoms with van der Waals surface area (Å²) in [5.41, 5.74) is 1.13. The Hall–Kier alpha value is -1.34.